The van der Waals surface area contributed by atoms with Gasteiger partial charge in [0.25, 0.3) is 0 Å². The number of nitrogens with zero attached hydrogens (tertiary/aromatic N) is 3. The third-order valence-electron chi connectivity index (χ3n) is 3.96. The van der Waals surface area contributed by atoms with E-state index in [9.17, 15) is 22.7 Å². The average molecular weight is 359 g/mol. The quantitative estimate of drug-likeness (QED) is 0.842. The largest absolute Gasteiger partial charge is 0.428 e. The summed E-state index contributed by atoms with van der Waals surface area (Å²) in [4.78, 5) is 14.1. The van der Waals surface area contributed by atoms with Crippen LogP contribution in [0.15, 0.2) is 12.1 Å². The molecule has 0 radical (unpaired) electrons. The van der Waals surface area contributed by atoms with E-state index in [2.05, 4.69) is 0 Å². The number of carbonyl (C=O) groups excluding carboxylic acids is 1. The summed E-state index contributed by atoms with van der Waals surface area (Å²) >= 11 is 0. The standard InChI is InChI=1S/C14H15F2N3O4S/c15-11-5-9(19-8-10(7-17)23-14(19)20)6-12(16)13(11)18-1-3-24(21,22)4-2-18/h5-6,10,21-22H,1-4,8H2/t10-/m0/s1. The summed E-state index contributed by atoms with van der Waals surface area (Å²) < 4.78 is 52.7. The van der Waals surface area contributed by atoms with Crippen molar-refractivity contribution in [3.63, 3.8) is 0 Å². The molecule has 0 saturated carbocycles. The Morgan fingerprint density at radius 2 is 1.83 bits per heavy atom. The van der Waals surface area contributed by atoms with Crippen LogP contribution in [-0.2, 0) is 4.74 Å². The molecule has 2 saturated heterocycles. The van der Waals surface area contributed by atoms with E-state index in [1.165, 1.54) is 4.90 Å². The van der Waals surface area contributed by atoms with Crippen LogP contribution in [0, 0.1) is 23.0 Å². The van der Waals surface area contributed by atoms with Gasteiger partial charge in [-0.1, -0.05) is 0 Å². The van der Waals surface area contributed by atoms with Gasteiger partial charge in [0.05, 0.1) is 23.7 Å². The Morgan fingerprint density at radius 3 is 2.33 bits per heavy atom. The molecule has 1 amide bonds. The normalized spacial score (nSPS) is 24.5. The van der Waals surface area contributed by atoms with Crippen molar-refractivity contribution in [1.82, 2.24) is 0 Å². The van der Waals surface area contributed by atoms with Crippen LogP contribution in [-0.4, -0.2) is 52.4 Å². The van der Waals surface area contributed by atoms with Gasteiger partial charge in [-0.15, -0.1) is 0 Å². The minimum Gasteiger partial charge on any atom is -0.428 e. The van der Waals surface area contributed by atoms with Gasteiger partial charge in [-0.2, -0.15) is 15.9 Å². The topological polar surface area (TPSA) is 97.0 Å². The molecule has 2 N–H and O–H groups in total. The Labute approximate surface area is 138 Å². The van der Waals surface area contributed by atoms with E-state index < -0.39 is 34.4 Å². The van der Waals surface area contributed by atoms with Crippen molar-refractivity contribution in [1.29, 1.82) is 5.26 Å². The number of rotatable bonds is 2. The smallest absolute Gasteiger partial charge is 0.415 e. The van der Waals surface area contributed by atoms with Crippen LogP contribution in [0.3, 0.4) is 0 Å². The number of hydrogen-bond donors (Lipinski definition) is 2. The minimum absolute atomic E-state index is 0.0298. The molecule has 0 bridgehead atoms. The van der Waals surface area contributed by atoms with E-state index in [4.69, 9.17) is 10.00 Å². The lowest BCUT2D eigenvalue weighted by molar-refractivity contribution is 0.162. The van der Waals surface area contributed by atoms with Crippen molar-refractivity contribution in [3.8, 4) is 6.07 Å². The third kappa shape index (κ3) is 3.10. The Bertz CT molecular complexity index is 691. The number of anilines is 2. The fourth-order valence-corrected chi connectivity index (χ4v) is 3.93. The zero-order valence-corrected chi connectivity index (χ0v) is 13.3. The summed E-state index contributed by atoms with van der Waals surface area (Å²) in [5.41, 5.74) is -0.296. The second-order valence-electron chi connectivity index (χ2n) is 5.57. The Morgan fingerprint density at radius 1 is 1.25 bits per heavy atom. The maximum absolute atomic E-state index is 14.4. The second kappa shape index (κ2) is 6.08. The van der Waals surface area contributed by atoms with E-state index >= 15 is 0 Å². The lowest BCUT2D eigenvalue weighted by atomic mass is 10.2. The van der Waals surface area contributed by atoms with E-state index in [-0.39, 0.29) is 42.5 Å². The zero-order chi connectivity index (χ0) is 17.5. The van der Waals surface area contributed by atoms with Crippen molar-refractivity contribution in [2.45, 2.75) is 6.10 Å². The summed E-state index contributed by atoms with van der Waals surface area (Å²) in [7, 11) is -2.67. The minimum atomic E-state index is -2.67. The van der Waals surface area contributed by atoms with Crippen LogP contribution >= 0.6 is 10.6 Å². The third-order valence-corrected chi connectivity index (χ3v) is 5.63. The summed E-state index contributed by atoms with van der Waals surface area (Å²) in [6.07, 6.45) is -1.81. The maximum atomic E-state index is 14.4. The highest BCUT2D eigenvalue weighted by Crippen LogP contribution is 2.42. The molecule has 0 aromatic heterocycles. The molecule has 2 fully saturated rings. The fraction of sp³-hybridized carbons (Fsp3) is 0.429. The molecule has 0 aliphatic carbocycles. The predicted octanol–water partition coefficient (Wildman–Crippen LogP) is 2.38. The first-order valence-electron chi connectivity index (χ1n) is 7.16. The molecule has 1 aromatic rings. The van der Waals surface area contributed by atoms with Crippen molar-refractivity contribution in [3.05, 3.63) is 23.8 Å². The van der Waals surface area contributed by atoms with Gasteiger partial charge in [0.2, 0.25) is 6.10 Å². The molecule has 2 aliphatic heterocycles. The molecular weight excluding hydrogens is 344 g/mol. The molecule has 0 unspecified atom stereocenters. The molecule has 24 heavy (non-hydrogen) atoms. The van der Waals surface area contributed by atoms with Gasteiger partial charge in [-0.3, -0.25) is 14.0 Å². The Hall–Kier alpha value is -2.09. The van der Waals surface area contributed by atoms with Gasteiger partial charge in [0.15, 0.2) is 11.6 Å². The van der Waals surface area contributed by atoms with Crippen LogP contribution in [0.4, 0.5) is 25.0 Å². The van der Waals surface area contributed by atoms with E-state index in [0.717, 1.165) is 17.0 Å². The van der Waals surface area contributed by atoms with Gasteiger partial charge in [-0.05, 0) is 0 Å². The van der Waals surface area contributed by atoms with E-state index in [1.807, 2.05) is 0 Å². The van der Waals surface area contributed by atoms with Crippen LogP contribution in [0.25, 0.3) is 0 Å². The summed E-state index contributed by atoms with van der Waals surface area (Å²) in [6.45, 7) is 0.147. The molecule has 0 spiro atoms. The predicted molar refractivity (Wildman–Crippen MR) is 84.4 cm³/mol. The van der Waals surface area contributed by atoms with Gasteiger partial charge in [0.1, 0.15) is 11.8 Å². The summed E-state index contributed by atoms with van der Waals surface area (Å²) in [5.74, 6) is -1.63. The van der Waals surface area contributed by atoms with Crippen LogP contribution in [0.1, 0.15) is 0 Å². The van der Waals surface area contributed by atoms with E-state index in [1.54, 1.807) is 6.07 Å². The molecule has 2 heterocycles. The number of ether oxygens (including phenoxy) is 1. The second-order valence-corrected chi connectivity index (χ2v) is 7.99. The fourth-order valence-electron chi connectivity index (χ4n) is 2.70. The number of amides is 1. The van der Waals surface area contributed by atoms with Crippen LogP contribution in [0.2, 0.25) is 0 Å². The Kier molecular flexibility index (Phi) is 4.25. The molecule has 3 rings (SSSR count). The van der Waals surface area contributed by atoms with E-state index in [0.29, 0.717) is 0 Å². The van der Waals surface area contributed by atoms with Crippen LogP contribution in [0.5, 0.6) is 0 Å². The highest BCUT2D eigenvalue weighted by Gasteiger charge is 2.34. The summed E-state index contributed by atoms with van der Waals surface area (Å²) in [5, 5.41) is 8.77. The first kappa shape index (κ1) is 16.8. The van der Waals surface area contributed by atoms with Crippen molar-refractivity contribution in [2.24, 2.45) is 0 Å². The molecule has 130 valence electrons. The van der Waals surface area contributed by atoms with Gasteiger partial charge in [-0.25, -0.2) is 13.6 Å². The monoisotopic (exact) mass is 359 g/mol. The Balaban J connectivity index is 1.85. The van der Waals surface area contributed by atoms with Gasteiger partial charge < -0.3 is 9.64 Å². The number of hydrogen-bond acceptors (Lipinski definition) is 6. The first-order valence-corrected chi connectivity index (χ1v) is 9.04. The highest BCUT2D eigenvalue weighted by molar-refractivity contribution is 8.24. The zero-order valence-electron chi connectivity index (χ0n) is 12.5. The van der Waals surface area contributed by atoms with Gasteiger partial charge >= 0.3 is 6.09 Å². The maximum Gasteiger partial charge on any atom is 0.415 e. The average Bonchev–Trinajstić information content (AvgIpc) is 2.89. The highest BCUT2D eigenvalue weighted by atomic mass is 32.3. The first-order chi connectivity index (χ1) is 11.3. The van der Waals surface area contributed by atoms with Crippen LogP contribution < -0.4 is 9.80 Å². The van der Waals surface area contributed by atoms with Crippen molar-refractivity contribution in [2.75, 3.05) is 40.9 Å². The lowest BCUT2D eigenvalue weighted by Crippen LogP contribution is -2.39. The SMILES string of the molecule is N#C[C@H]1CN(c2cc(F)c(N3CCS(O)(O)CC3)c(F)c2)C(=O)O1. The van der Waals surface area contributed by atoms with Crippen molar-refractivity contribution < 1.29 is 27.4 Å². The number of carbonyl (C=O) groups is 1. The van der Waals surface area contributed by atoms with Crippen molar-refractivity contribution >= 4 is 28.1 Å². The van der Waals surface area contributed by atoms with Gasteiger partial charge in [0, 0.05) is 25.2 Å². The molecule has 1 aromatic carbocycles. The molecule has 7 nitrogen and oxygen atoms in total. The molecule has 2 aliphatic rings. The molecule has 1 atom stereocenters. The number of benzene rings is 1. The molecular formula is C14H15F2N3O4S. The number of cyclic esters (lactones) is 1. The molecule has 10 heteroatoms. The number of halogens is 2. The summed E-state index contributed by atoms with van der Waals surface area (Å²) in [6, 6.07) is 3.78. The number of nitriles is 1. The lowest BCUT2D eigenvalue weighted by Gasteiger charge is -2.42.